The van der Waals surface area contributed by atoms with Crippen molar-refractivity contribution in [3.8, 4) is 5.88 Å². The molecule has 0 saturated heterocycles. The van der Waals surface area contributed by atoms with Crippen molar-refractivity contribution in [2.75, 3.05) is 7.11 Å². The largest absolute Gasteiger partial charge is 0.481 e. The normalized spacial score (nSPS) is 12.1. The number of methoxy groups -OCH3 is 1. The molecule has 0 fully saturated rings. The van der Waals surface area contributed by atoms with Crippen LogP contribution in [-0.4, -0.2) is 22.1 Å². The van der Waals surface area contributed by atoms with Gasteiger partial charge in [-0.2, -0.15) is 0 Å². The molecular formula is C12H12BrN3O. The number of hydrogen-bond acceptors (Lipinski definition) is 4. The third kappa shape index (κ3) is 3.23. The highest BCUT2D eigenvalue weighted by Crippen LogP contribution is 2.26. The van der Waals surface area contributed by atoms with Gasteiger partial charge in [0, 0.05) is 35.4 Å². The average Bonchev–Trinajstić information content (AvgIpc) is 2.40. The maximum atomic E-state index is 5.06. The molecule has 0 bridgehead atoms. The molecule has 5 heteroatoms. The van der Waals surface area contributed by atoms with Crippen LogP contribution < -0.4 is 4.74 Å². The van der Waals surface area contributed by atoms with Gasteiger partial charge in [0.05, 0.1) is 7.11 Å². The number of rotatable bonds is 4. The molecule has 0 aliphatic rings. The smallest absolute Gasteiger partial charge is 0.216 e. The van der Waals surface area contributed by atoms with Gasteiger partial charge in [-0.25, -0.2) is 9.97 Å². The summed E-state index contributed by atoms with van der Waals surface area (Å²) < 4.78 is 5.06. The SMILES string of the molecule is COc1cc(CC(Br)c2cccnc2)ncn1. The fraction of sp³-hybridized carbons (Fsp3) is 0.250. The molecule has 0 aliphatic carbocycles. The van der Waals surface area contributed by atoms with E-state index in [2.05, 4.69) is 30.9 Å². The van der Waals surface area contributed by atoms with Crippen molar-refractivity contribution in [1.82, 2.24) is 15.0 Å². The molecule has 0 amide bonds. The van der Waals surface area contributed by atoms with E-state index in [1.165, 1.54) is 6.33 Å². The Hall–Kier alpha value is -1.49. The van der Waals surface area contributed by atoms with Gasteiger partial charge in [0.15, 0.2) is 0 Å². The Morgan fingerprint density at radius 1 is 1.41 bits per heavy atom. The molecule has 2 rings (SSSR count). The van der Waals surface area contributed by atoms with Crippen LogP contribution >= 0.6 is 15.9 Å². The lowest BCUT2D eigenvalue weighted by molar-refractivity contribution is 0.396. The van der Waals surface area contributed by atoms with E-state index in [4.69, 9.17) is 4.74 Å². The van der Waals surface area contributed by atoms with Crippen molar-refractivity contribution in [2.45, 2.75) is 11.2 Å². The lowest BCUT2D eigenvalue weighted by Gasteiger charge is -2.09. The summed E-state index contributed by atoms with van der Waals surface area (Å²) in [6.45, 7) is 0. The Kier molecular flexibility index (Phi) is 4.03. The fourth-order valence-corrected chi connectivity index (χ4v) is 2.07. The molecule has 0 aliphatic heterocycles. The topological polar surface area (TPSA) is 47.9 Å². The molecule has 4 nitrogen and oxygen atoms in total. The minimum atomic E-state index is 0.191. The summed E-state index contributed by atoms with van der Waals surface area (Å²) in [4.78, 5) is 12.5. The number of ether oxygens (including phenoxy) is 1. The van der Waals surface area contributed by atoms with Crippen LogP contribution in [-0.2, 0) is 6.42 Å². The zero-order valence-electron chi connectivity index (χ0n) is 9.38. The molecule has 1 atom stereocenters. The Morgan fingerprint density at radius 2 is 2.29 bits per heavy atom. The van der Waals surface area contributed by atoms with Crippen LogP contribution in [0.5, 0.6) is 5.88 Å². The predicted molar refractivity (Wildman–Crippen MR) is 68.2 cm³/mol. The monoisotopic (exact) mass is 293 g/mol. The molecule has 0 aromatic carbocycles. The van der Waals surface area contributed by atoms with E-state index in [0.717, 1.165) is 17.7 Å². The Morgan fingerprint density at radius 3 is 3.00 bits per heavy atom. The van der Waals surface area contributed by atoms with Gasteiger partial charge in [-0.15, -0.1) is 0 Å². The Balaban J connectivity index is 2.10. The van der Waals surface area contributed by atoms with Crippen molar-refractivity contribution in [3.05, 3.63) is 48.2 Å². The van der Waals surface area contributed by atoms with E-state index < -0.39 is 0 Å². The van der Waals surface area contributed by atoms with Gasteiger partial charge in [0.1, 0.15) is 6.33 Å². The van der Waals surface area contributed by atoms with Gasteiger partial charge in [-0.1, -0.05) is 22.0 Å². The first-order valence-corrected chi connectivity index (χ1v) is 6.10. The van der Waals surface area contributed by atoms with Crippen molar-refractivity contribution in [1.29, 1.82) is 0 Å². The van der Waals surface area contributed by atoms with Crippen molar-refractivity contribution >= 4 is 15.9 Å². The summed E-state index contributed by atoms with van der Waals surface area (Å²) in [5.41, 5.74) is 2.06. The average molecular weight is 294 g/mol. The summed E-state index contributed by atoms with van der Waals surface area (Å²) in [6.07, 6.45) is 5.89. The van der Waals surface area contributed by atoms with E-state index in [9.17, 15) is 0 Å². The number of halogens is 1. The molecule has 0 spiro atoms. The van der Waals surface area contributed by atoms with Gasteiger partial charge < -0.3 is 4.74 Å². The fourth-order valence-electron chi connectivity index (χ4n) is 1.46. The molecular weight excluding hydrogens is 282 g/mol. The van der Waals surface area contributed by atoms with E-state index in [0.29, 0.717) is 5.88 Å². The van der Waals surface area contributed by atoms with Crippen LogP contribution in [0.25, 0.3) is 0 Å². The first-order chi connectivity index (χ1) is 8.29. The first kappa shape index (κ1) is 12.0. The molecule has 0 N–H and O–H groups in total. The minimum Gasteiger partial charge on any atom is -0.481 e. The number of pyridine rings is 1. The van der Waals surface area contributed by atoms with Crippen LogP contribution in [0.2, 0.25) is 0 Å². The zero-order chi connectivity index (χ0) is 12.1. The highest BCUT2D eigenvalue weighted by molar-refractivity contribution is 9.09. The second kappa shape index (κ2) is 5.72. The van der Waals surface area contributed by atoms with E-state index in [1.807, 2.05) is 24.4 Å². The minimum absolute atomic E-state index is 0.191. The molecule has 2 heterocycles. The zero-order valence-corrected chi connectivity index (χ0v) is 11.0. The summed E-state index contributed by atoms with van der Waals surface area (Å²) >= 11 is 3.63. The summed E-state index contributed by atoms with van der Waals surface area (Å²) in [6, 6.07) is 5.79. The Bertz CT molecular complexity index is 478. The number of hydrogen-bond donors (Lipinski definition) is 0. The van der Waals surface area contributed by atoms with Crippen LogP contribution in [0.1, 0.15) is 16.1 Å². The second-order valence-corrected chi connectivity index (χ2v) is 4.62. The van der Waals surface area contributed by atoms with E-state index in [1.54, 1.807) is 13.3 Å². The highest BCUT2D eigenvalue weighted by Gasteiger charge is 2.10. The van der Waals surface area contributed by atoms with Crippen LogP contribution in [0.4, 0.5) is 0 Å². The lowest BCUT2D eigenvalue weighted by atomic mass is 10.1. The molecule has 88 valence electrons. The highest BCUT2D eigenvalue weighted by atomic mass is 79.9. The summed E-state index contributed by atoms with van der Waals surface area (Å²) in [7, 11) is 1.60. The van der Waals surface area contributed by atoms with Crippen molar-refractivity contribution < 1.29 is 4.74 Å². The van der Waals surface area contributed by atoms with E-state index >= 15 is 0 Å². The number of aromatic nitrogens is 3. The van der Waals surface area contributed by atoms with Crippen LogP contribution in [0.3, 0.4) is 0 Å². The molecule has 2 aromatic rings. The van der Waals surface area contributed by atoms with Crippen LogP contribution in [0, 0.1) is 0 Å². The third-order valence-electron chi connectivity index (χ3n) is 2.34. The molecule has 0 saturated carbocycles. The summed E-state index contributed by atoms with van der Waals surface area (Å²) in [5, 5.41) is 0. The van der Waals surface area contributed by atoms with Crippen molar-refractivity contribution in [3.63, 3.8) is 0 Å². The molecule has 0 radical (unpaired) electrons. The lowest BCUT2D eigenvalue weighted by Crippen LogP contribution is -1.99. The van der Waals surface area contributed by atoms with Gasteiger partial charge in [0.2, 0.25) is 5.88 Å². The van der Waals surface area contributed by atoms with E-state index in [-0.39, 0.29) is 4.83 Å². The second-order valence-electron chi connectivity index (χ2n) is 3.51. The van der Waals surface area contributed by atoms with Gasteiger partial charge in [0.25, 0.3) is 0 Å². The standard InChI is InChI=1S/C12H12BrN3O/c1-17-12-6-10(15-8-16-12)5-11(13)9-3-2-4-14-7-9/h2-4,6-8,11H,5H2,1H3. The van der Waals surface area contributed by atoms with Crippen LogP contribution in [0.15, 0.2) is 36.9 Å². The number of nitrogens with zero attached hydrogens (tertiary/aromatic N) is 3. The summed E-state index contributed by atoms with van der Waals surface area (Å²) in [5.74, 6) is 0.584. The first-order valence-electron chi connectivity index (χ1n) is 5.18. The predicted octanol–water partition coefficient (Wildman–Crippen LogP) is 2.56. The maximum absolute atomic E-state index is 5.06. The van der Waals surface area contributed by atoms with Gasteiger partial charge in [-0.3, -0.25) is 4.98 Å². The Labute approximate surface area is 108 Å². The molecule has 1 unspecified atom stereocenters. The van der Waals surface area contributed by atoms with Crippen molar-refractivity contribution in [2.24, 2.45) is 0 Å². The number of alkyl halides is 1. The molecule has 17 heavy (non-hydrogen) atoms. The third-order valence-corrected chi connectivity index (χ3v) is 3.19. The molecule has 2 aromatic heterocycles. The van der Waals surface area contributed by atoms with Gasteiger partial charge in [-0.05, 0) is 11.6 Å². The maximum Gasteiger partial charge on any atom is 0.216 e. The van der Waals surface area contributed by atoms with Gasteiger partial charge >= 0.3 is 0 Å². The quantitative estimate of drug-likeness (QED) is 0.813.